The standard InChI is InChI=1S/C19H38N2O3/c1-9-19(6,17(23)24-14-18(3,4)5)13-15(2)16(22)20-11-10-12-21(7)8/h15H,9-14H2,1-8H3,(H,20,22). The summed E-state index contributed by atoms with van der Waals surface area (Å²) in [6.45, 7) is 13.9. The average molecular weight is 343 g/mol. The summed E-state index contributed by atoms with van der Waals surface area (Å²) in [5, 5.41) is 2.96. The van der Waals surface area contributed by atoms with E-state index in [1.165, 1.54) is 0 Å². The number of nitrogens with one attached hydrogen (secondary N) is 1. The third-order valence-electron chi connectivity index (χ3n) is 4.20. The molecule has 0 heterocycles. The van der Waals surface area contributed by atoms with E-state index in [2.05, 4.69) is 10.2 Å². The molecule has 0 rings (SSSR count). The van der Waals surface area contributed by atoms with E-state index < -0.39 is 5.41 Å². The summed E-state index contributed by atoms with van der Waals surface area (Å²) in [4.78, 5) is 26.8. The number of hydrogen-bond acceptors (Lipinski definition) is 4. The zero-order valence-corrected chi connectivity index (χ0v) is 17.0. The minimum Gasteiger partial charge on any atom is -0.465 e. The third kappa shape index (κ3) is 9.26. The summed E-state index contributed by atoms with van der Waals surface area (Å²) in [5.41, 5.74) is -0.675. The lowest BCUT2D eigenvalue weighted by atomic mass is 9.79. The lowest BCUT2D eigenvalue weighted by molar-refractivity contribution is -0.159. The summed E-state index contributed by atoms with van der Waals surface area (Å²) in [7, 11) is 4.03. The molecule has 0 aromatic heterocycles. The van der Waals surface area contributed by atoms with E-state index in [0.29, 0.717) is 26.0 Å². The molecule has 0 aromatic carbocycles. The quantitative estimate of drug-likeness (QED) is 0.489. The summed E-state index contributed by atoms with van der Waals surface area (Å²) < 4.78 is 5.49. The van der Waals surface area contributed by atoms with Crippen molar-refractivity contribution in [2.75, 3.05) is 33.8 Å². The van der Waals surface area contributed by atoms with Gasteiger partial charge in [-0.15, -0.1) is 0 Å². The SMILES string of the molecule is CCC(C)(CC(C)C(=O)NCCCN(C)C)C(=O)OCC(C)(C)C. The van der Waals surface area contributed by atoms with Crippen LogP contribution in [0.3, 0.4) is 0 Å². The number of esters is 1. The maximum Gasteiger partial charge on any atom is 0.311 e. The van der Waals surface area contributed by atoms with Crippen LogP contribution < -0.4 is 5.32 Å². The van der Waals surface area contributed by atoms with Gasteiger partial charge >= 0.3 is 5.97 Å². The van der Waals surface area contributed by atoms with Gasteiger partial charge in [0.25, 0.3) is 0 Å². The molecule has 0 fully saturated rings. The van der Waals surface area contributed by atoms with Crippen molar-refractivity contribution in [2.45, 2.75) is 60.8 Å². The minimum absolute atomic E-state index is 0.0112. The highest BCUT2D eigenvalue weighted by atomic mass is 16.5. The zero-order valence-electron chi connectivity index (χ0n) is 17.0. The van der Waals surface area contributed by atoms with E-state index in [1.807, 2.05) is 55.6 Å². The highest BCUT2D eigenvalue weighted by Crippen LogP contribution is 2.32. The number of carbonyl (C=O) groups excluding carboxylic acids is 2. The fourth-order valence-corrected chi connectivity index (χ4v) is 2.38. The number of amides is 1. The number of nitrogens with zero attached hydrogens (tertiary/aromatic N) is 1. The van der Waals surface area contributed by atoms with Gasteiger partial charge in [-0.2, -0.15) is 0 Å². The number of ether oxygens (including phenoxy) is 1. The van der Waals surface area contributed by atoms with Gasteiger partial charge in [-0.1, -0.05) is 34.6 Å². The monoisotopic (exact) mass is 342 g/mol. The van der Waals surface area contributed by atoms with Crippen LogP contribution in [0.5, 0.6) is 0 Å². The fourth-order valence-electron chi connectivity index (χ4n) is 2.38. The molecule has 0 aliphatic heterocycles. The maximum atomic E-state index is 12.5. The van der Waals surface area contributed by atoms with E-state index in [1.54, 1.807) is 0 Å². The predicted octanol–water partition coefficient (Wildman–Crippen LogP) is 3.09. The molecule has 24 heavy (non-hydrogen) atoms. The molecule has 0 radical (unpaired) electrons. The average Bonchev–Trinajstić information content (AvgIpc) is 2.47. The number of carbonyl (C=O) groups is 2. The molecule has 0 aliphatic carbocycles. The van der Waals surface area contributed by atoms with Gasteiger partial charge in [-0.05, 0) is 52.2 Å². The number of rotatable bonds is 10. The van der Waals surface area contributed by atoms with Crippen LogP contribution in [0.2, 0.25) is 0 Å². The van der Waals surface area contributed by atoms with Gasteiger partial charge in [0.1, 0.15) is 0 Å². The molecule has 1 N–H and O–H groups in total. The van der Waals surface area contributed by atoms with Gasteiger partial charge in [0.2, 0.25) is 5.91 Å². The molecule has 0 bridgehead atoms. The minimum atomic E-state index is -0.619. The summed E-state index contributed by atoms with van der Waals surface area (Å²) in [5.74, 6) is -0.402. The second-order valence-electron chi connectivity index (χ2n) is 8.60. The second kappa shape index (κ2) is 10.0. The van der Waals surface area contributed by atoms with Gasteiger partial charge in [-0.3, -0.25) is 9.59 Å². The van der Waals surface area contributed by atoms with Gasteiger partial charge in [-0.25, -0.2) is 0 Å². The lowest BCUT2D eigenvalue weighted by Crippen LogP contribution is -2.38. The highest BCUT2D eigenvalue weighted by Gasteiger charge is 2.36. The van der Waals surface area contributed by atoms with Crippen molar-refractivity contribution in [1.29, 1.82) is 0 Å². The van der Waals surface area contributed by atoms with Gasteiger partial charge in [0, 0.05) is 12.5 Å². The van der Waals surface area contributed by atoms with Crippen LogP contribution in [0.4, 0.5) is 0 Å². The first-order valence-electron chi connectivity index (χ1n) is 9.01. The summed E-state index contributed by atoms with van der Waals surface area (Å²) in [6, 6.07) is 0. The van der Waals surface area contributed by atoms with Crippen LogP contribution >= 0.6 is 0 Å². The van der Waals surface area contributed by atoms with Crippen molar-refractivity contribution in [2.24, 2.45) is 16.7 Å². The Morgan fingerprint density at radius 3 is 2.21 bits per heavy atom. The molecule has 142 valence electrons. The van der Waals surface area contributed by atoms with Crippen molar-refractivity contribution in [3.63, 3.8) is 0 Å². The number of hydrogen-bond donors (Lipinski definition) is 1. The van der Waals surface area contributed by atoms with Gasteiger partial charge in [0.05, 0.1) is 12.0 Å². The van der Waals surface area contributed by atoms with Crippen molar-refractivity contribution >= 4 is 11.9 Å². The van der Waals surface area contributed by atoms with Crippen LogP contribution in [-0.4, -0.2) is 50.6 Å². The van der Waals surface area contributed by atoms with Crippen LogP contribution in [0.1, 0.15) is 60.8 Å². The molecule has 0 spiro atoms. The molecule has 0 saturated heterocycles. The highest BCUT2D eigenvalue weighted by molar-refractivity contribution is 5.81. The van der Waals surface area contributed by atoms with Crippen LogP contribution in [0, 0.1) is 16.7 Å². The molecule has 0 aliphatic rings. The molecule has 5 heteroatoms. The Labute approximate surface area is 148 Å². The molecule has 2 unspecified atom stereocenters. The first kappa shape index (κ1) is 22.9. The topological polar surface area (TPSA) is 58.6 Å². The Bertz CT molecular complexity index is 402. The van der Waals surface area contributed by atoms with Crippen molar-refractivity contribution in [1.82, 2.24) is 10.2 Å². The predicted molar refractivity (Wildman–Crippen MR) is 98.8 cm³/mol. The lowest BCUT2D eigenvalue weighted by Gasteiger charge is -2.30. The maximum absolute atomic E-state index is 12.5. The fraction of sp³-hybridized carbons (Fsp3) is 0.895. The largest absolute Gasteiger partial charge is 0.465 e. The van der Waals surface area contributed by atoms with Crippen molar-refractivity contribution < 1.29 is 14.3 Å². The molecule has 0 aromatic rings. The van der Waals surface area contributed by atoms with Gasteiger partial charge in [0.15, 0.2) is 0 Å². The summed E-state index contributed by atoms with van der Waals surface area (Å²) in [6.07, 6.45) is 2.09. The first-order valence-corrected chi connectivity index (χ1v) is 9.01. The summed E-state index contributed by atoms with van der Waals surface area (Å²) >= 11 is 0. The molecule has 2 atom stereocenters. The van der Waals surface area contributed by atoms with Crippen molar-refractivity contribution in [3.8, 4) is 0 Å². The van der Waals surface area contributed by atoms with Crippen LogP contribution in [0.15, 0.2) is 0 Å². The Balaban J connectivity index is 4.50. The Morgan fingerprint density at radius 2 is 1.75 bits per heavy atom. The van der Waals surface area contributed by atoms with E-state index in [-0.39, 0.29) is 23.2 Å². The van der Waals surface area contributed by atoms with Crippen LogP contribution in [0.25, 0.3) is 0 Å². The Kier molecular flexibility index (Phi) is 9.56. The normalized spacial score (nSPS) is 15.7. The molecule has 1 amide bonds. The van der Waals surface area contributed by atoms with E-state index in [9.17, 15) is 9.59 Å². The molecular weight excluding hydrogens is 304 g/mol. The Hall–Kier alpha value is -1.10. The van der Waals surface area contributed by atoms with E-state index >= 15 is 0 Å². The Morgan fingerprint density at radius 1 is 1.17 bits per heavy atom. The molecule has 0 saturated carbocycles. The van der Waals surface area contributed by atoms with E-state index in [0.717, 1.165) is 13.0 Å². The van der Waals surface area contributed by atoms with Crippen LogP contribution in [-0.2, 0) is 14.3 Å². The molecule has 5 nitrogen and oxygen atoms in total. The smallest absolute Gasteiger partial charge is 0.311 e. The van der Waals surface area contributed by atoms with Gasteiger partial charge < -0.3 is 15.0 Å². The molecular formula is C19H38N2O3. The second-order valence-corrected chi connectivity index (χ2v) is 8.60. The zero-order chi connectivity index (χ0) is 19.0. The van der Waals surface area contributed by atoms with Crippen molar-refractivity contribution in [3.05, 3.63) is 0 Å². The third-order valence-corrected chi connectivity index (χ3v) is 4.20. The van der Waals surface area contributed by atoms with E-state index in [4.69, 9.17) is 4.74 Å². The first-order chi connectivity index (χ1) is 10.9.